The lowest BCUT2D eigenvalue weighted by molar-refractivity contribution is 0.0967. The number of aryl methyl sites for hydroxylation is 1. The number of alkyl halides is 2. The predicted octanol–water partition coefficient (Wildman–Crippen LogP) is 6.22. The average molecular weight is 476 g/mol. The number of carbonyl (C=O) groups is 2. The summed E-state index contributed by atoms with van der Waals surface area (Å²) in [4.78, 5) is 24.4. The fourth-order valence-electron chi connectivity index (χ4n) is 2.86. The molecule has 3 amide bonds. The number of amides is 3. The summed E-state index contributed by atoms with van der Waals surface area (Å²) in [7, 11) is 0. The summed E-state index contributed by atoms with van der Waals surface area (Å²) < 4.78 is 4.97. The van der Waals surface area contributed by atoms with Crippen LogP contribution in [0.1, 0.15) is 29.8 Å². The second kappa shape index (κ2) is 7.88. The first-order chi connectivity index (χ1) is 13.4. The molecule has 0 spiro atoms. The molecule has 1 unspecified atom stereocenters. The third kappa shape index (κ3) is 4.29. The Morgan fingerprint density at radius 1 is 1.07 bits per heavy atom. The van der Waals surface area contributed by atoms with Gasteiger partial charge >= 0.3 is 6.03 Å². The largest absolute Gasteiger partial charge is 0.486 e. The Labute approximate surface area is 188 Å². The third-order valence-electron chi connectivity index (χ3n) is 4.86. The highest BCUT2D eigenvalue weighted by Gasteiger charge is 2.73. The van der Waals surface area contributed by atoms with Gasteiger partial charge in [0, 0.05) is 11.1 Å². The highest BCUT2D eigenvalue weighted by atomic mass is 35.5. The van der Waals surface area contributed by atoms with Crippen molar-refractivity contribution in [2.45, 2.75) is 31.2 Å². The number of anilines is 1. The van der Waals surface area contributed by atoms with Crippen molar-refractivity contribution in [3.63, 3.8) is 0 Å². The number of rotatable bonds is 4. The van der Waals surface area contributed by atoms with Crippen molar-refractivity contribution in [2.75, 3.05) is 5.32 Å². The van der Waals surface area contributed by atoms with Gasteiger partial charge in [0.15, 0.2) is 4.33 Å². The number of carbonyl (C=O) groups excluding carboxylic acids is 2. The lowest BCUT2D eigenvalue weighted by atomic mass is 10.2. The molecular weight excluding hydrogens is 458 g/mol. The summed E-state index contributed by atoms with van der Waals surface area (Å²) in [5.74, 6) is -0.0950. The highest BCUT2D eigenvalue weighted by molar-refractivity contribution is 6.52. The van der Waals surface area contributed by atoms with Crippen LogP contribution in [0.4, 0.5) is 10.5 Å². The quantitative estimate of drug-likeness (QED) is 0.515. The number of ether oxygens (including phenoxy) is 1. The minimum absolute atomic E-state index is 0.0311. The predicted molar refractivity (Wildman–Crippen MR) is 117 cm³/mol. The molecule has 1 fully saturated rings. The van der Waals surface area contributed by atoms with Crippen LogP contribution >= 0.6 is 46.4 Å². The van der Waals surface area contributed by atoms with E-state index in [0.29, 0.717) is 11.4 Å². The van der Waals surface area contributed by atoms with Gasteiger partial charge < -0.3 is 10.1 Å². The summed E-state index contributed by atoms with van der Waals surface area (Å²) in [6.07, 6.45) is -0.336. The Kier molecular flexibility index (Phi) is 5.98. The molecule has 0 bridgehead atoms. The SMILES string of the molecule is Cc1cc(NC(=O)NC(=O)c2c(Cl)cccc2Cl)ccc1OC1C(C)(C)C1(Cl)Cl. The van der Waals surface area contributed by atoms with Gasteiger partial charge in [0.25, 0.3) is 5.91 Å². The Morgan fingerprint density at radius 2 is 1.66 bits per heavy atom. The summed E-state index contributed by atoms with van der Waals surface area (Å²) in [6, 6.07) is 8.98. The van der Waals surface area contributed by atoms with Crippen molar-refractivity contribution < 1.29 is 14.3 Å². The first-order valence-electron chi connectivity index (χ1n) is 8.66. The molecule has 1 atom stereocenters. The molecule has 2 N–H and O–H groups in total. The van der Waals surface area contributed by atoms with Crippen LogP contribution in [0.2, 0.25) is 10.0 Å². The van der Waals surface area contributed by atoms with E-state index >= 15 is 0 Å². The Bertz CT molecular complexity index is 957. The van der Waals surface area contributed by atoms with E-state index in [2.05, 4.69) is 10.6 Å². The zero-order valence-electron chi connectivity index (χ0n) is 15.8. The van der Waals surface area contributed by atoms with Crippen LogP contribution in [-0.2, 0) is 0 Å². The monoisotopic (exact) mass is 474 g/mol. The molecule has 0 heterocycles. The number of urea groups is 1. The topological polar surface area (TPSA) is 67.4 Å². The summed E-state index contributed by atoms with van der Waals surface area (Å²) in [5.41, 5.74) is 0.918. The maximum Gasteiger partial charge on any atom is 0.326 e. The molecule has 0 aliphatic heterocycles. The van der Waals surface area contributed by atoms with Crippen molar-refractivity contribution in [1.29, 1.82) is 0 Å². The standard InChI is InChI=1S/C20H18Cl4N2O3/c1-10-9-11(7-8-14(10)29-17-19(2,3)20(17,23)24)25-18(28)26-16(27)15-12(21)5-4-6-13(15)22/h4-9,17H,1-3H3,(H2,25,26,27,28). The second-order valence-electron chi connectivity index (χ2n) is 7.33. The van der Waals surface area contributed by atoms with Crippen LogP contribution in [-0.4, -0.2) is 22.4 Å². The lowest BCUT2D eigenvalue weighted by Crippen LogP contribution is -2.34. The number of hydrogen-bond donors (Lipinski definition) is 2. The Morgan fingerprint density at radius 3 is 2.17 bits per heavy atom. The molecule has 29 heavy (non-hydrogen) atoms. The van der Waals surface area contributed by atoms with Gasteiger partial charge in [-0.1, -0.05) is 66.3 Å². The van der Waals surface area contributed by atoms with Crippen molar-refractivity contribution in [3.05, 3.63) is 57.6 Å². The molecule has 2 aromatic carbocycles. The van der Waals surface area contributed by atoms with E-state index in [-0.39, 0.29) is 27.1 Å². The Hall–Kier alpha value is -1.66. The van der Waals surface area contributed by atoms with Crippen molar-refractivity contribution in [3.8, 4) is 5.75 Å². The minimum Gasteiger partial charge on any atom is -0.486 e. The molecule has 0 saturated heterocycles. The number of nitrogens with one attached hydrogen (secondary N) is 2. The van der Waals surface area contributed by atoms with Crippen molar-refractivity contribution >= 4 is 64.0 Å². The molecular formula is C20H18Cl4N2O3. The maximum absolute atomic E-state index is 12.3. The van der Waals surface area contributed by atoms with E-state index in [1.807, 2.05) is 20.8 Å². The summed E-state index contributed by atoms with van der Waals surface area (Å²) in [5, 5.41) is 5.09. The van der Waals surface area contributed by atoms with Crippen LogP contribution in [0.15, 0.2) is 36.4 Å². The molecule has 0 radical (unpaired) electrons. The van der Waals surface area contributed by atoms with Crippen molar-refractivity contribution in [2.24, 2.45) is 5.41 Å². The van der Waals surface area contributed by atoms with Gasteiger partial charge in [-0.25, -0.2) is 4.79 Å². The summed E-state index contributed by atoms with van der Waals surface area (Å²) >= 11 is 24.5. The molecule has 1 saturated carbocycles. The number of benzene rings is 2. The zero-order valence-corrected chi connectivity index (χ0v) is 18.8. The van der Waals surface area contributed by atoms with Crippen LogP contribution < -0.4 is 15.4 Å². The van der Waals surface area contributed by atoms with E-state index in [9.17, 15) is 9.59 Å². The fraction of sp³-hybridized carbons (Fsp3) is 0.300. The molecule has 5 nitrogen and oxygen atoms in total. The van der Waals surface area contributed by atoms with Gasteiger partial charge in [0.05, 0.1) is 15.6 Å². The number of imide groups is 1. The molecule has 2 aromatic rings. The third-order valence-corrected chi connectivity index (χ3v) is 6.86. The molecule has 154 valence electrons. The molecule has 0 aromatic heterocycles. The maximum atomic E-state index is 12.3. The van der Waals surface area contributed by atoms with Crippen LogP contribution in [0.25, 0.3) is 0 Å². The van der Waals surface area contributed by atoms with Gasteiger partial charge in [0.2, 0.25) is 0 Å². The average Bonchev–Trinajstić information content (AvgIpc) is 2.98. The minimum atomic E-state index is -0.948. The first-order valence-corrected chi connectivity index (χ1v) is 10.2. The molecule has 1 aliphatic rings. The van der Waals surface area contributed by atoms with Gasteiger partial charge in [-0.3, -0.25) is 10.1 Å². The van der Waals surface area contributed by atoms with Crippen molar-refractivity contribution in [1.82, 2.24) is 5.32 Å². The van der Waals surface area contributed by atoms with E-state index in [1.165, 1.54) is 12.1 Å². The fourth-order valence-corrected chi connectivity index (χ4v) is 4.16. The van der Waals surface area contributed by atoms with Gasteiger partial charge in [-0.2, -0.15) is 0 Å². The second-order valence-corrected chi connectivity index (χ2v) is 9.53. The van der Waals surface area contributed by atoms with E-state index in [1.54, 1.807) is 24.3 Å². The molecule has 3 rings (SSSR count). The van der Waals surface area contributed by atoms with Gasteiger partial charge in [0.1, 0.15) is 11.9 Å². The van der Waals surface area contributed by atoms with E-state index < -0.39 is 16.3 Å². The van der Waals surface area contributed by atoms with Gasteiger partial charge in [-0.15, -0.1) is 0 Å². The molecule has 9 heteroatoms. The molecule has 1 aliphatic carbocycles. The van der Waals surface area contributed by atoms with E-state index in [4.69, 9.17) is 51.1 Å². The van der Waals surface area contributed by atoms with Gasteiger partial charge in [-0.05, 0) is 42.8 Å². The number of hydrogen-bond acceptors (Lipinski definition) is 3. The van der Waals surface area contributed by atoms with E-state index in [0.717, 1.165) is 5.56 Å². The Balaban J connectivity index is 1.64. The lowest BCUT2D eigenvalue weighted by Gasteiger charge is -2.13. The summed E-state index contributed by atoms with van der Waals surface area (Å²) in [6.45, 7) is 5.68. The first kappa shape index (κ1) is 22.0. The van der Waals surface area contributed by atoms with Crippen LogP contribution in [0.3, 0.4) is 0 Å². The highest BCUT2D eigenvalue weighted by Crippen LogP contribution is 2.64. The van der Waals surface area contributed by atoms with Crippen LogP contribution in [0.5, 0.6) is 5.75 Å². The zero-order chi connectivity index (χ0) is 21.6. The number of halogens is 4. The normalized spacial score (nSPS) is 18.7. The smallest absolute Gasteiger partial charge is 0.326 e. The van der Waals surface area contributed by atoms with Crippen LogP contribution in [0, 0.1) is 12.3 Å².